The molecule has 0 unspecified atom stereocenters. The van der Waals surface area contributed by atoms with Crippen molar-refractivity contribution in [2.24, 2.45) is 0 Å². The molecular weight excluding hydrogens is 485 g/mol. The Morgan fingerprint density at radius 1 is 0.632 bits per heavy atom. The van der Waals surface area contributed by atoms with Crippen LogP contribution in [-0.4, -0.2) is 12.1 Å². The van der Waals surface area contributed by atoms with Crippen molar-refractivity contribution in [1.29, 1.82) is 0 Å². The van der Waals surface area contributed by atoms with E-state index in [9.17, 15) is 13.2 Å². The van der Waals surface area contributed by atoms with Crippen molar-refractivity contribution in [1.82, 2.24) is 0 Å². The molecule has 0 saturated heterocycles. The third-order valence-electron chi connectivity index (χ3n) is 6.79. The van der Waals surface area contributed by atoms with Crippen molar-refractivity contribution in [3.8, 4) is 16.9 Å². The zero-order valence-electron chi connectivity index (χ0n) is 22.0. The van der Waals surface area contributed by atoms with E-state index in [4.69, 9.17) is 4.74 Å². The number of halogens is 3. The normalized spacial score (nSPS) is 13.1. The van der Waals surface area contributed by atoms with Gasteiger partial charge in [0.2, 0.25) is 0 Å². The molecule has 3 nitrogen and oxygen atoms in total. The van der Waals surface area contributed by atoms with E-state index >= 15 is 0 Å². The molecule has 0 N–H and O–H groups in total. The molecule has 4 aromatic rings. The van der Waals surface area contributed by atoms with Crippen molar-refractivity contribution >= 4 is 22.7 Å². The topological polar surface area (TPSA) is 15.7 Å². The van der Waals surface area contributed by atoms with Crippen molar-refractivity contribution in [2.45, 2.75) is 52.6 Å². The summed E-state index contributed by atoms with van der Waals surface area (Å²) in [7, 11) is 0. The Hall–Kier alpha value is -3.93. The fourth-order valence-corrected chi connectivity index (χ4v) is 5.05. The lowest BCUT2D eigenvalue weighted by molar-refractivity contribution is -0.137. The second-order valence-corrected chi connectivity index (χ2v) is 10.1. The number of benzene rings is 4. The van der Waals surface area contributed by atoms with Gasteiger partial charge in [-0.2, -0.15) is 13.2 Å². The molecule has 0 saturated carbocycles. The summed E-state index contributed by atoms with van der Waals surface area (Å²) in [6.07, 6.45) is -4.40. The van der Waals surface area contributed by atoms with Gasteiger partial charge < -0.3 is 14.5 Å². The van der Waals surface area contributed by atoms with Gasteiger partial charge in [-0.3, -0.25) is 0 Å². The lowest BCUT2D eigenvalue weighted by atomic mass is 9.98. The van der Waals surface area contributed by atoms with E-state index in [2.05, 4.69) is 24.8 Å². The molecule has 5 rings (SSSR count). The molecule has 1 aliphatic heterocycles. The minimum atomic E-state index is -4.40. The van der Waals surface area contributed by atoms with E-state index in [0.29, 0.717) is 12.3 Å². The van der Waals surface area contributed by atoms with E-state index in [1.807, 2.05) is 85.5 Å². The maximum atomic E-state index is 13.6. The maximum absolute atomic E-state index is 13.6. The molecular formula is C32H31F3N2O. The number of hydrogen-bond acceptors (Lipinski definition) is 3. The highest BCUT2D eigenvalue weighted by Crippen LogP contribution is 2.52. The Balaban J connectivity index is 1.50. The quantitative estimate of drug-likeness (QED) is 0.254. The van der Waals surface area contributed by atoms with E-state index in [1.165, 1.54) is 12.1 Å². The number of ether oxygens (including phenoxy) is 1. The van der Waals surface area contributed by atoms with Crippen LogP contribution in [0.2, 0.25) is 0 Å². The van der Waals surface area contributed by atoms with Crippen LogP contribution in [0, 0.1) is 0 Å². The van der Waals surface area contributed by atoms with Crippen LogP contribution in [0.5, 0.6) is 5.75 Å². The molecule has 0 amide bonds. The number of hydrogen-bond donors (Lipinski definition) is 0. The van der Waals surface area contributed by atoms with Crippen LogP contribution in [0.25, 0.3) is 11.1 Å². The third kappa shape index (κ3) is 4.95. The molecule has 0 bridgehead atoms. The second kappa shape index (κ2) is 10.1. The second-order valence-electron chi connectivity index (χ2n) is 10.1. The first-order valence-corrected chi connectivity index (χ1v) is 12.8. The van der Waals surface area contributed by atoms with E-state index in [1.54, 1.807) is 6.07 Å². The Bertz CT molecular complexity index is 1410. The van der Waals surface area contributed by atoms with Crippen LogP contribution >= 0.6 is 0 Å². The van der Waals surface area contributed by atoms with E-state index in [-0.39, 0.29) is 12.1 Å². The van der Waals surface area contributed by atoms with Gasteiger partial charge in [-0.1, -0.05) is 48.5 Å². The smallest absolute Gasteiger partial charge is 0.416 e. The monoisotopic (exact) mass is 516 g/mol. The fourth-order valence-electron chi connectivity index (χ4n) is 5.05. The Labute approximate surface area is 222 Å². The van der Waals surface area contributed by atoms with Crippen molar-refractivity contribution in [3.05, 3.63) is 102 Å². The van der Waals surface area contributed by atoms with Gasteiger partial charge in [-0.15, -0.1) is 0 Å². The number of anilines is 4. The number of alkyl halides is 3. The predicted molar refractivity (Wildman–Crippen MR) is 149 cm³/mol. The average molecular weight is 517 g/mol. The zero-order valence-corrected chi connectivity index (χ0v) is 22.0. The highest BCUT2D eigenvalue weighted by atomic mass is 19.4. The standard InChI is InChI=1S/C32H31F3N2O/c1-21(2)36-29-17-13-26(32(33,34)35)19-31(29)37(22(3)4)28-16-12-25(18-30(28)36)24-10-14-27(15-11-24)38-20-23-8-6-5-7-9-23/h5-19,21-22H,20H2,1-4H3. The summed E-state index contributed by atoms with van der Waals surface area (Å²) in [6, 6.07) is 28.3. The number of fused-ring (bicyclic) bond motifs is 2. The molecule has 6 heteroatoms. The first-order valence-electron chi connectivity index (χ1n) is 12.8. The van der Waals surface area contributed by atoms with Gasteiger partial charge in [-0.25, -0.2) is 0 Å². The first-order chi connectivity index (χ1) is 18.1. The largest absolute Gasteiger partial charge is 0.489 e. The van der Waals surface area contributed by atoms with Gasteiger partial charge in [0.15, 0.2) is 0 Å². The van der Waals surface area contributed by atoms with Gasteiger partial charge in [0, 0.05) is 12.1 Å². The minimum absolute atomic E-state index is 0.0304. The molecule has 38 heavy (non-hydrogen) atoms. The molecule has 4 aromatic carbocycles. The molecule has 1 heterocycles. The zero-order chi connectivity index (χ0) is 27.0. The van der Waals surface area contributed by atoms with Crippen LogP contribution in [-0.2, 0) is 12.8 Å². The van der Waals surface area contributed by atoms with Crippen LogP contribution in [0.3, 0.4) is 0 Å². The van der Waals surface area contributed by atoms with Gasteiger partial charge in [0.25, 0.3) is 0 Å². The minimum Gasteiger partial charge on any atom is -0.489 e. The summed E-state index contributed by atoms with van der Waals surface area (Å²) in [5.41, 5.74) is 5.76. The SMILES string of the molecule is CC(C)N1c2ccc(C(F)(F)F)cc2N(C(C)C)c2ccc(-c3ccc(OCc4ccccc4)cc3)cc21. The fraction of sp³-hybridized carbons (Fsp3) is 0.250. The molecule has 0 atom stereocenters. The van der Waals surface area contributed by atoms with Gasteiger partial charge in [-0.05, 0) is 86.8 Å². The molecule has 0 aromatic heterocycles. The lowest BCUT2D eigenvalue weighted by Gasteiger charge is -2.44. The van der Waals surface area contributed by atoms with E-state index < -0.39 is 11.7 Å². The van der Waals surface area contributed by atoms with Crippen molar-refractivity contribution in [2.75, 3.05) is 9.80 Å². The molecule has 1 aliphatic rings. The maximum Gasteiger partial charge on any atom is 0.416 e. The first kappa shape index (κ1) is 25.7. The molecule has 0 radical (unpaired) electrons. The summed E-state index contributed by atoms with van der Waals surface area (Å²) in [5.74, 6) is 0.791. The van der Waals surface area contributed by atoms with Crippen LogP contribution < -0.4 is 14.5 Å². The number of rotatable bonds is 6. The summed E-state index contributed by atoms with van der Waals surface area (Å²) in [4.78, 5) is 4.13. The summed E-state index contributed by atoms with van der Waals surface area (Å²) in [6.45, 7) is 8.62. The molecule has 0 aliphatic carbocycles. The van der Waals surface area contributed by atoms with E-state index in [0.717, 1.165) is 39.5 Å². The van der Waals surface area contributed by atoms with Crippen molar-refractivity contribution in [3.63, 3.8) is 0 Å². The Kier molecular flexibility index (Phi) is 6.82. The van der Waals surface area contributed by atoms with Crippen LogP contribution in [0.4, 0.5) is 35.9 Å². The number of nitrogens with zero attached hydrogens (tertiary/aromatic N) is 2. The van der Waals surface area contributed by atoms with Gasteiger partial charge in [0.05, 0.1) is 28.3 Å². The summed E-state index contributed by atoms with van der Waals surface area (Å²) < 4.78 is 46.7. The molecule has 0 spiro atoms. The predicted octanol–water partition coefficient (Wildman–Crippen LogP) is 9.36. The summed E-state index contributed by atoms with van der Waals surface area (Å²) >= 11 is 0. The van der Waals surface area contributed by atoms with Gasteiger partial charge in [0.1, 0.15) is 12.4 Å². The molecule has 0 fully saturated rings. The Morgan fingerprint density at radius 3 is 1.76 bits per heavy atom. The third-order valence-corrected chi connectivity index (χ3v) is 6.79. The van der Waals surface area contributed by atoms with Crippen LogP contribution in [0.15, 0.2) is 91.0 Å². The highest BCUT2D eigenvalue weighted by molar-refractivity contribution is 5.95. The summed E-state index contributed by atoms with van der Waals surface area (Å²) in [5, 5.41) is 0. The Morgan fingerprint density at radius 2 is 1.18 bits per heavy atom. The lowest BCUT2D eigenvalue weighted by Crippen LogP contribution is -2.37. The average Bonchev–Trinajstić information content (AvgIpc) is 2.89. The van der Waals surface area contributed by atoms with Gasteiger partial charge >= 0.3 is 6.18 Å². The highest BCUT2D eigenvalue weighted by Gasteiger charge is 2.36. The van der Waals surface area contributed by atoms with Crippen LogP contribution in [0.1, 0.15) is 38.8 Å². The van der Waals surface area contributed by atoms with Crippen molar-refractivity contribution < 1.29 is 17.9 Å². The molecule has 196 valence electrons.